The minimum absolute atomic E-state index is 0.000322. The molecule has 2 aromatic carbocycles. The van der Waals surface area contributed by atoms with Gasteiger partial charge in [0.15, 0.2) is 5.82 Å². The molecule has 0 amide bonds. The van der Waals surface area contributed by atoms with Crippen molar-refractivity contribution >= 4 is 34.0 Å². The van der Waals surface area contributed by atoms with E-state index in [4.69, 9.17) is 29.5 Å². The van der Waals surface area contributed by atoms with Gasteiger partial charge in [-0.3, -0.25) is 4.90 Å². The molecule has 242 valence electrons. The molecule has 2 N–H and O–H groups in total. The molecule has 1 aliphatic carbocycles. The Balaban J connectivity index is 1.44. The Morgan fingerprint density at radius 1 is 1.20 bits per heavy atom. The first-order chi connectivity index (χ1) is 22.1. The summed E-state index contributed by atoms with van der Waals surface area (Å²) in [6, 6.07) is 0.312. The number of rotatable bonds is 5. The fraction of sp³-hybridized carbons (Fsp3) is 0.533. The van der Waals surface area contributed by atoms with Gasteiger partial charge in [-0.25, -0.2) is 17.6 Å². The lowest BCUT2D eigenvalue weighted by Gasteiger charge is -2.31. The van der Waals surface area contributed by atoms with Gasteiger partial charge in [0.1, 0.15) is 36.1 Å². The lowest BCUT2D eigenvalue weighted by atomic mass is 9.93. The number of nitrogens with zero attached hydrogens (tertiary/aromatic N) is 4. The van der Waals surface area contributed by atoms with Gasteiger partial charge < -0.3 is 20.1 Å². The molecule has 45 heavy (non-hydrogen) atoms. The Hall–Kier alpha value is -3.10. The molecule has 7 rings (SSSR count). The third-order valence-electron chi connectivity index (χ3n) is 9.31. The van der Waals surface area contributed by atoms with Gasteiger partial charge in [0, 0.05) is 41.9 Å². The van der Waals surface area contributed by atoms with Crippen LogP contribution in [0.3, 0.4) is 0 Å². The molecule has 1 saturated carbocycles. The number of aromatic nitrogens is 2. The fourth-order valence-corrected chi connectivity index (χ4v) is 7.43. The summed E-state index contributed by atoms with van der Waals surface area (Å²) in [5.41, 5.74) is -0.983. The number of hydrogen-bond acceptors (Lipinski definition) is 7. The zero-order chi connectivity index (χ0) is 33.8. The standard InChI is InChI=1S/C30H29ClF7N5O2/c1-13-21(30(36,37)38)15(8-19(39)22(13)33)20-18(31)7-16-25(24(20)35)40-28(45-12-29-3-2-4-42(29)10-14(32)9-29)41-27(16)43-5-6-44-11-17-23(34)26(17)43/h7-8,14,17,23,26H,2-6,9-12,39H2,1H3/t14-,17-,23-,26-,29+/m1/s1/i12D2. The highest BCUT2D eigenvalue weighted by atomic mass is 35.5. The quantitative estimate of drug-likeness (QED) is 0.255. The van der Waals surface area contributed by atoms with E-state index in [1.807, 2.05) is 0 Å². The molecule has 5 atom stereocenters. The number of halogens is 8. The van der Waals surface area contributed by atoms with E-state index in [9.17, 15) is 26.3 Å². The fourth-order valence-electron chi connectivity index (χ4n) is 7.14. The second-order valence-corrected chi connectivity index (χ2v) is 12.5. The van der Waals surface area contributed by atoms with Crippen LogP contribution in [0.2, 0.25) is 5.02 Å². The number of alkyl halides is 5. The molecule has 4 aliphatic rings. The van der Waals surface area contributed by atoms with E-state index in [0.29, 0.717) is 19.0 Å². The molecule has 0 spiro atoms. The number of benzene rings is 2. The molecule has 4 heterocycles. The van der Waals surface area contributed by atoms with Gasteiger partial charge in [0.05, 0.1) is 43.8 Å². The first-order valence-electron chi connectivity index (χ1n) is 15.5. The van der Waals surface area contributed by atoms with Gasteiger partial charge in [0.2, 0.25) is 0 Å². The van der Waals surface area contributed by atoms with Crippen LogP contribution in [0.25, 0.3) is 22.0 Å². The maximum absolute atomic E-state index is 16.7. The van der Waals surface area contributed by atoms with Crippen LogP contribution >= 0.6 is 11.6 Å². The second-order valence-electron chi connectivity index (χ2n) is 12.1. The molecule has 4 fully saturated rings. The molecular weight excluding hydrogens is 631 g/mol. The van der Waals surface area contributed by atoms with E-state index in [-0.39, 0.29) is 50.3 Å². The van der Waals surface area contributed by atoms with E-state index in [2.05, 4.69) is 9.97 Å². The normalized spacial score (nSPS) is 29.3. The summed E-state index contributed by atoms with van der Waals surface area (Å²) in [4.78, 5) is 11.7. The summed E-state index contributed by atoms with van der Waals surface area (Å²) in [6.45, 7) is -0.981. The molecule has 1 aromatic heterocycles. The second kappa shape index (κ2) is 10.7. The largest absolute Gasteiger partial charge is 0.461 e. The highest BCUT2D eigenvalue weighted by Crippen LogP contribution is 2.49. The highest BCUT2D eigenvalue weighted by Gasteiger charge is 2.56. The van der Waals surface area contributed by atoms with E-state index in [0.717, 1.165) is 13.0 Å². The van der Waals surface area contributed by atoms with Crippen LogP contribution in [0, 0.1) is 24.5 Å². The maximum atomic E-state index is 16.7. The summed E-state index contributed by atoms with van der Waals surface area (Å²) < 4.78 is 133. The Kier molecular flexibility index (Phi) is 6.71. The summed E-state index contributed by atoms with van der Waals surface area (Å²) in [6.07, 6.45) is -7.13. The molecular formula is C30H29ClF7N5O2. The number of nitrogens with two attached hydrogens (primary N) is 1. The van der Waals surface area contributed by atoms with Gasteiger partial charge in [-0.05, 0) is 44.0 Å². The number of ether oxygens (including phenoxy) is 2. The van der Waals surface area contributed by atoms with Crippen molar-refractivity contribution in [1.29, 1.82) is 0 Å². The van der Waals surface area contributed by atoms with Gasteiger partial charge in [-0.15, -0.1) is 0 Å². The molecule has 3 aliphatic heterocycles. The third-order valence-corrected chi connectivity index (χ3v) is 9.61. The van der Waals surface area contributed by atoms with Crippen molar-refractivity contribution in [2.75, 3.05) is 50.0 Å². The molecule has 0 radical (unpaired) electrons. The minimum Gasteiger partial charge on any atom is -0.461 e. The zero-order valence-electron chi connectivity index (χ0n) is 25.8. The van der Waals surface area contributed by atoms with Crippen LogP contribution in [-0.2, 0) is 10.9 Å². The summed E-state index contributed by atoms with van der Waals surface area (Å²) in [5, 5.41) is -0.634. The van der Waals surface area contributed by atoms with Crippen LogP contribution in [-0.4, -0.2) is 78.2 Å². The zero-order valence-corrected chi connectivity index (χ0v) is 24.6. The number of nitrogen functional groups attached to an aromatic ring is 1. The smallest absolute Gasteiger partial charge is 0.417 e. The number of hydrogen-bond donors (Lipinski definition) is 1. The molecule has 15 heteroatoms. The van der Waals surface area contributed by atoms with Crippen LogP contribution < -0.4 is 15.4 Å². The van der Waals surface area contributed by atoms with E-state index >= 15 is 4.39 Å². The van der Waals surface area contributed by atoms with Crippen LogP contribution in [0.1, 0.15) is 33.1 Å². The molecule has 3 saturated heterocycles. The predicted molar refractivity (Wildman–Crippen MR) is 153 cm³/mol. The average Bonchev–Trinajstić information content (AvgIpc) is 3.33. The highest BCUT2D eigenvalue weighted by molar-refractivity contribution is 6.34. The first-order valence-corrected chi connectivity index (χ1v) is 14.9. The van der Waals surface area contributed by atoms with Gasteiger partial charge in [-0.2, -0.15) is 23.1 Å². The van der Waals surface area contributed by atoms with E-state index in [1.165, 1.54) is 4.90 Å². The van der Waals surface area contributed by atoms with Crippen molar-refractivity contribution in [3.05, 3.63) is 39.9 Å². The Labute approximate surface area is 261 Å². The Bertz CT molecular complexity index is 1790. The van der Waals surface area contributed by atoms with Gasteiger partial charge >= 0.3 is 12.2 Å². The molecule has 0 bridgehead atoms. The monoisotopic (exact) mass is 661 g/mol. The Morgan fingerprint density at radius 3 is 2.73 bits per heavy atom. The maximum Gasteiger partial charge on any atom is 0.417 e. The minimum atomic E-state index is -5.15. The van der Waals surface area contributed by atoms with Crippen molar-refractivity contribution in [3.63, 3.8) is 0 Å². The van der Waals surface area contributed by atoms with Crippen molar-refractivity contribution in [1.82, 2.24) is 14.9 Å². The lowest BCUT2D eigenvalue weighted by Crippen LogP contribution is -2.43. The lowest BCUT2D eigenvalue weighted by molar-refractivity contribution is -0.137. The number of anilines is 2. The average molecular weight is 662 g/mol. The summed E-state index contributed by atoms with van der Waals surface area (Å²) in [7, 11) is 0. The van der Waals surface area contributed by atoms with E-state index in [1.54, 1.807) is 4.90 Å². The SMILES string of the molecule is [2H]C([2H])(Oc1nc(N2CCOC[C@@H]3[C@@H](F)[C@@H]32)c2cc(Cl)c(-c3cc(N)c(F)c(C)c3C(F)(F)F)c(F)c2n1)[C@@]12CCCN1C[C@H](F)C2. The topological polar surface area (TPSA) is 76.7 Å². The number of fused-ring (bicyclic) bond motifs is 3. The Morgan fingerprint density at radius 2 is 1.98 bits per heavy atom. The van der Waals surface area contributed by atoms with Crippen LogP contribution in [0.15, 0.2) is 12.1 Å². The summed E-state index contributed by atoms with van der Waals surface area (Å²) in [5.74, 6) is -3.34. The van der Waals surface area contributed by atoms with Crippen molar-refractivity contribution in [3.8, 4) is 17.1 Å². The summed E-state index contributed by atoms with van der Waals surface area (Å²) >= 11 is 6.49. The molecule has 7 nitrogen and oxygen atoms in total. The van der Waals surface area contributed by atoms with Crippen LogP contribution in [0.5, 0.6) is 6.01 Å². The van der Waals surface area contributed by atoms with Crippen molar-refractivity contribution in [2.45, 2.75) is 56.3 Å². The predicted octanol–water partition coefficient (Wildman–Crippen LogP) is 6.27. The van der Waals surface area contributed by atoms with Gasteiger partial charge in [0.25, 0.3) is 0 Å². The van der Waals surface area contributed by atoms with E-state index < -0.39 is 98.7 Å². The third kappa shape index (κ3) is 4.94. The van der Waals surface area contributed by atoms with Crippen LogP contribution in [0.4, 0.5) is 42.2 Å². The molecule has 3 aromatic rings. The van der Waals surface area contributed by atoms with Crippen molar-refractivity contribution < 1.29 is 42.9 Å². The molecule has 0 unspecified atom stereocenters. The first kappa shape index (κ1) is 28.1. The van der Waals surface area contributed by atoms with Gasteiger partial charge in [-0.1, -0.05) is 11.6 Å². The van der Waals surface area contributed by atoms with Crippen molar-refractivity contribution in [2.24, 2.45) is 5.92 Å².